The van der Waals surface area contributed by atoms with Crippen LogP contribution in [-0.2, 0) is 21.2 Å². The van der Waals surface area contributed by atoms with Gasteiger partial charge in [-0.2, -0.15) is 0 Å². The maximum atomic E-state index is 11.9. The Hall–Kier alpha value is -0.820. The van der Waals surface area contributed by atoms with Crippen molar-refractivity contribution in [3.05, 3.63) is 33.8 Å². The number of carbonyl (C=O) groups is 1. The lowest BCUT2D eigenvalue weighted by atomic mass is 10.1. The quantitative estimate of drug-likeness (QED) is 0.825. The molecule has 0 radical (unpaired) electrons. The number of hydrogen-bond acceptors (Lipinski definition) is 3. The van der Waals surface area contributed by atoms with E-state index < -0.39 is 10.0 Å². The first-order chi connectivity index (χ1) is 10.8. The lowest BCUT2D eigenvalue weighted by Gasteiger charge is -2.14. The SMILES string of the molecule is CS(=O)(=O)N1CCC(CNC(=O)CCc2ccc(Cl)cc2Cl)C1. The fraction of sp³-hybridized carbons (Fsp3) is 0.533. The van der Waals surface area contributed by atoms with Gasteiger partial charge in [0.2, 0.25) is 15.9 Å². The van der Waals surface area contributed by atoms with E-state index in [9.17, 15) is 13.2 Å². The van der Waals surface area contributed by atoms with Crippen molar-refractivity contribution in [2.24, 2.45) is 5.92 Å². The van der Waals surface area contributed by atoms with Gasteiger partial charge in [0.05, 0.1) is 6.26 Å². The minimum atomic E-state index is -3.13. The molecule has 1 aromatic carbocycles. The summed E-state index contributed by atoms with van der Waals surface area (Å²) >= 11 is 11.9. The van der Waals surface area contributed by atoms with Gasteiger partial charge < -0.3 is 5.32 Å². The van der Waals surface area contributed by atoms with E-state index in [1.807, 2.05) is 6.07 Å². The monoisotopic (exact) mass is 378 g/mol. The van der Waals surface area contributed by atoms with E-state index in [-0.39, 0.29) is 11.8 Å². The highest BCUT2D eigenvalue weighted by atomic mass is 35.5. The molecule has 0 bridgehead atoms. The number of rotatable bonds is 6. The maximum absolute atomic E-state index is 11.9. The summed E-state index contributed by atoms with van der Waals surface area (Å²) in [4.78, 5) is 11.9. The van der Waals surface area contributed by atoms with Crippen LogP contribution in [0.15, 0.2) is 18.2 Å². The number of nitrogens with zero attached hydrogens (tertiary/aromatic N) is 1. The second kappa shape index (κ2) is 7.83. The van der Waals surface area contributed by atoms with Crippen LogP contribution in [0.2, 0.25) is 10.0 Å². The number of hydrogen-bond donors (Lipinski definition) is 1. The topological polar surface area (TPSA) is 66.5 Å². The van der Waals surface area contributed by atoms with Gasteiger partial charge in [-0.3, -0.25) is 4.79 Å². The second-order valence-corrected chi connectivity index (χ2v) is 8.64. The maximum Gasteiger partial charge on any atom is 0.220 e. The van der Waals surface area contributed by atoms with Crippen molar-refractivity contribution in [1.29, 1.82) is 0 Å². The van der Waals surface area contributed by atoms with Gasteiger partial charge >= 0.3 is 0 Å². The Morgan fingerprint density at radius 1 is 1.39 bits per heavy atom. The number of nitrogens with one attached hydrogen (secondary N) is 1. The van der Waals surface area contributed by atoms with Crippen LogP contribution in [0, 0.1) is 5.92 Å². The van der Waals surface area contributed by atoms with Crippen molar-refractivity contribution in [3.63, 3.8) is 0 Å². The molecule has 1 aliphatic rings. The Kier molecular flexibility index (Phi) is 6.31. The molecule has 1 N–H and O–H groups in total. The summed E-state index contributed by atoms with van der Waals surface area (Å²) in [6.07, 6.45) is 2.87. The summed E-state index contributed by atoms with van der Waals surface area (Å²) in [7, 11) is -3.13. The van der Waals surface area contributed by atoms with Gasteiger partial charge in [-0.15, -0.1) is 0 Å². The zero-order chi connectivity index (χ0) is 17.0. The standard InChI is InChI=1S/C15H20Cl2N2O3S/c1-23(21,22)19-7-6-11(10-19)9-18-15(20)5-3-12-2-4-13(16)8-14(12)17/h2,4,8,11H,3,5-7,9-10H2,1H3,(H,18,20). The molecular formula is C15H20Cl2N2O3S. The molecule has 8 heteroatoms. The third kappa shape index (κ3) is 5.64. The zero-order valence-corrected chi connectivity index (χ0v) is 15.2. The highest BCUT2D eigenvalue weighted by Gasteiger charge is 2.28. The highest BCUT2D eigenvalue weighted by Crippen LogP contribution is 2.22. The summed E-state index contributed by atoms with van der Waals surface area (Å²) in [6.45, 7) is 1.50. The summed E-state index contributed by atoms with van der Waals surface area (Å²) < 4.78 is 24.4. The second-order valence-electron chi connectivity index (χ2n) is 5.82. The molecule has 5 nitrogen and oxygen atoms in total. The number of halogens is 2. The number of aryl methyl sites for hydroxylation is 1. The van der Waals surface area contributed by atoms with Crippen molar-refractivity contribution < 1.29 is 13.2 Å². The van der Waals surface area contributed by atoms with E-state index in [0.717, 1.165) is 12.0 Å². The van der Waals surface area contributed by atoms with Crippen molar-refractivity contribution in [2.75, 3.05) is 25.9 Å². The molecule has 1 unspecified atom stereocenters. The Bertz CT molecular complexity index is 679. The molecule has 0 aliphatic carbocycles. The predicted octanol–water partition coefficient (Wildman–Crippen LogP) is 2.32. The van der Waals surface area contributed by atoms with E-state index in [2.05, 4.69) is 5.32 Å². The van der Waals surface area contributed by atoms with Crippen LogP contribution < -0.4 is 5.32 Å². The molecule has 1 saturated heterocycles. The fourth-order valence-corrected chi connectivity index (χ4v) is 4.01. The molecule has 2 rings (SSSR count). The van der Waals surface area contributed by atoms with Crippen molar-refractivity contribution in [2.45, 2.75) is 19.3 Å². The number of amides is 1. The van der Waals surface area contributed by atoms with Crippen molar-refractivity contribution >= 4 is 39.1 Å². The molecule has 1 fully saturated rings. The van der Waals surface area contributed by atoms with Gasteiger partial charge in [-0.05, 0) is 36.5 Å². The van der Waals surface area contributed by atoms with Crippen LogP contribution in [0.4, 0.5) is 0 Å². The molecule has 23 heavy (non-hydrogen) atoms. The number of carbonyl (C=O) groups excluding carboxylic acids is 1. The van der Waals surface area contributed by atoms with Crippen molar-refractivity contribution in [1.82, 2.24) is 9.62 Å². The van der Waals surface area contributed by atoms with Gasteiger partial charge in [0.25, 0.3) is 0 Å². The van der Waals surface area contributed by atoms with Crippen LogP contribution in [-0.4, -0.2) is 44.5 Å². The molecule has 0 spiro atoms. The summed E-state index contributed by atoms with van der Waals surface area (Å²) in [5.74, 6) is 0.113. The van der Waals surface area contributed by atoms with Gasteiger partial charge in [0.1, 0.15) is 0 Å². The van der Waals surface area contributed by atoms with E-state index in [0.29, 0.717) is 42.5 Å². The third-order valence-corrected chi connectivity index (χ3v) is 5.80. The molecule has 1 aliphatic heterocycles. The highest BCUT2D eigenvalue weighted by molar-refractivity contribution is 7.88. The molecule has 1 atom stereocenters. The Labute approximate surface area is 147 Å². The Morgan fingerprint density at radius 3 is 2.74 bits per heavy atom. The van der Waals surface area contributed by atoms with Gasteiger partial charge in [0, 0.05) is 36.1 Å². The average Bonchev–Trinajstić information content (AvgIpc) is 2.93. The Morgan fingerprint density at radius 2 is 2.13 bits per heavy atom. The fourth-order valence-electron chi connectivity index (χ4n) is 2.58. The lowest BCUT2D eigenvalue weighted by Crippen LogP contribution is -2.32. The van der Waals surface area contributed by atoms with E-state index >= 15 is 0 Å². The average molecular weight is 379 g/mol. The first kappa shape index (κ1) is 18.5. The minimum Gasteiger partial charge on any atom is -0.356 e. The molecule has 1 aromatic rings. The largest absolute Gasteiger partial charge is 0.356 e. The van der Waals surface area contributed by atoms with E-state index in [1.54, 1.807) is 12.1 Å². The molecule has 0 aromatic heterocycles. The summed E-state index contributed by atoms with van der Waals surface area (Å²) in [6, 6.07) is 5.23. The van der Waals surface area contributed by atoms with Crippen LogP contribution in [0.1, 0.15) is 18.4 Å². The van der Waals surface area contributed by atoms with Crippen LogP contribution in [0.5, 0.6) is 0 Å². The first-order valence-electron chi connectivity index (χ1n) is 7.41. The normalized spacial score (nSPS) is 19.0. The van der Waals surface area contributed by atoms with E-state index in [1.165, 1.54) is 10.6 Å². The molecular weight excluding hydrogens is 359 g/mol. The van der Waals surface area contributed by atoms with Crippen LogP contribution >= 0.6 is 23.2 Å². The predicted molar refractivity (Wildman–Crippen MR) is 92.3 cm³/mol. The smallest absolute Gasteiger partial charge is 0.220 e. The van der Waals surface area contributed by atoms with Gasteiger partial charge in [0.15, 0.2) is 0 Å². The van der Waals surface area contributed by atoms with Crippen molar-refractivity contribution in [3.8, 4) is 0 Å². The molecule has 0 saturated carbocycles. The summed E-state index contributed by atoms with van der Waals surface area (Å²) in [5.41, 5.74) is 0.885. The number of sulfonamides is 1. The summed E-state index contributed by atoms with van der Waals surface area (Å²) in [5, 5.41) is 4.00. The number of benzene rings is 1. The molecule has 1 heterocycles. The lowest BCUT2D eigenvalue weighted by molar-refractivity contribution is -0.121. The molecule has 1 amide bonds. The minimum absolute atomic E-state index is 0.0613. The van der Waals surface area contributed by atoms with Gasteiger partial charge in [-0.25, -0.2) is 12.7 Å². The third-order valence-electron chi connectivity index (χ3n) is 3.94. The van der Waals surface area contributed by atoms with E-state index in [4.69, 9.17) is 23.2 Å². The molecule has 128 valence electrons. The van der Waals surface area contributed by atoms with Gasteiger partial charge in [-0.1, -0.05) is 29.3 Å². The van der Waals surface area contributed by atoms with Crippen LogP contribution in [0.25, 0.3) is 0 Å². The van der Waals surface area contributed by atoms with Crippen LogP contribution in [0.3, 0.4) is 0 Å². The Balaban J connectivity index is 1.74. The zero-order valence-electron chi connectivity index (χ0n) is 12.9. The first-order valence-corrected chi connectivity index (χ1v) is 10.0.